The Morgan fingerprint density at radius 2 is 1.54 bits per heavy atom. The van der Waals surface area contributed by atoms with Gasteiger partial charge < -0.3 is 68.2 Å². The van der Waals surface area contributed by atoms with Gasteiger partial charge in [-0.2, -0.15) is 0 Å². The summed E-state index contributed by atoms with van der Waals surface area (Å²) in [6, 6.07) is -2.15. The Morgan fingerprint density at radius 3 is 2.21 bits per heavy atom. The van der Waals surface area contributed by atoms with Crippen LogP contribution in [0.1, 0.15) is 52.5 Å². The summed E-state index contributed by atoms with van der Waals surface area (Å²) < 4.78 is 0. The molecule has 0 aliphatic carbocycles. The van der Waals surface area contributed by atoms with E-state index in [0.717, 1.165) is 16.7 Å². The van der Waals surface area contributed by atoms with Gasteiger partial charge in [0, 0.05) is 41.5 Å². The highest BCUT2D eigenvalue weighted by molar-refractivity contribution is 8.00. The summed E-state index contributed by atoms with van der Waals surface area (Å²) in [6.07, 6.45) is -3.86. The fraction of sp³-hybridized carbons (Fsp3) is 0.575. The van der Waals surface area contributed by atoms with E-state index in [4.69, 9.17) is 5.73 Å². The second-order valence-corrected chi connectivity index (χ2v) is 17.6. The van der Waals surface area contributed by atoms with Gasteiger partial charge >= 0.3 is 0 Å². The van der Waals surface area contributed by atoms with Crippen molar-refractivity contribution >= 4 is 75.8 Å². The average molecular weight is 901 g/mol. The molecule has 2 aromatic rings. The molecule has 0 unspecified atom stereocenters. The molecular formula is C40H56N10O12S. The predicted octanol–water partition coefficient (Wildman–Crippen LogP) is -4.25. The molecule has 23 heteroatoms. The summed E-state index contributed by atoms with van der Waals surface area (Å²) in [5.41, 5.74) is 6.56. The monoisotopic (exact) mass is 900 g/mol. The van der Waals surface area contributed by atoms with Crippen LogP contribution in [0.15, 0.2) is 29.3 Å². The number of thioether (sulfide) groups is 1. The van der Waals surface area contributed by atoms with E-state index in [1.54, 1.807) is 45.0 Å². The van der Waals surface area contributed by atoms with E-state index in [0.29, 0.717) is 27.9 Å². The Kier molecular flexibility index (Phi) is 16.1. The zero-order chi connectivity index (χ0) is 46.3. The van der Waals surface area contributed by atoms with Crippen molar-refractivity contribution in [1.82, 2.24) is 47.1 Å². The minimum atomic E-state index is -1.73. The van der Waals surface area contributed by atoms with E-state index >= 15 is 0 Å². The number of fused-ring (bicyclic) bond motifs is 5. The maximum Gasteiger partial charge on any atom is 0.246 e. The number of aliphatic hydroxyl groups excluding tert-OH is 3. The fourth-order valence-corrected chi connectivity index (χ4v) is 8.97. The topological polar surface area (TPSA) is 344 Å². The highest BCUT2D eigenvalue weighted by Crippen LogP contribution is 2.35. The van der Waals surface area contributed by atoms with Gasteiger partial charge in [-0.15, -0.1) is 11.8 Å². The average Bonchev–Trinajstić information content (AvgIpc) is 3.81. The van der Waals surface area contributed by atoms with Crippen LogP contribution in [0.25, 0.3) is 10.9 Å². The molecule has 11 atom stereocenters. The van der Waals surface area contributed by atoms with Crippen LogP contribution in [-0.2, 0) is 49.6 Å². The second kappa shape index (κ2) is 21.1. The Hall–Kier alpha value is -5.78. The number of hydrogen-bond acceptors (Lipinski definition) is 13. The third-order valence-electron chi connectivity index (χ3n) is 11.6. The number of H-pyrrole nitrogens is 1. The number of amides is 9. The number of aliphatic hydroxyl groups is 3. The number of nitrogens with two attached hydrogens (primary N) is 1. The number of para-hydroxylation sites is 1. The Labute approximate surface area is 366 Å². The standard InChI is InChI=1S/C40H56N10O12S/c1-5-17(2)31-36(59)43-14-30(56)48-33-19(4)63-39-22(21-8-6-7-9-23(21)46-39)11-24(34(57)42-13-29(55)47-31)44-37(60)32(18(3)27(53)16-51)49-35(58)26-10-20(52)15-50(26)40(62)25(12-28(41)54)45-38(33)61/h6-9,17-20,24-27,31-33,46,51-53H,5,10-16H2,1-4H3,(H2,41,54)(H,42,57)(H,43,59)(H,44,60)(H,45,61)(H,47,55)(H,48,56)(H,49,58)/t17-,18-,19-,20+,24+,25-,26-,27-,31-,32-,33-/m0/s1. The molecule has 9 amide bonds. The molecule has 0 spiro atoms. The largest absolute Gasteiger partial charge is 0.394 e. The van der Waals surface area contributed by atoms with Crippen LogP contribution in [0.4, 0.5) is 0 Å². The number of carbonyl (C=O) groups is 9. The molecule has 5 rings (SSSR count). The quantitative estimate of drug-likeness (QED) is 0.126. The molecule has 2 bridgehead atoms. The molecule has 13 N–H and O–H groups in total. The van der Waals surface area contributed by atoms with Crippen LogP contribution in [0.2, 0.25) is 0 Å². The van der Waals surface area contributed by atoms with Gasteiger partial charge in [0.15, 0.2) is 0 Å². The Balaban J connectivity index is 1.72. The van der Waals surface area contributed by atoms with Gasteiger partial charge in [-0.05, 0) is 17.5 Å². The molecule has 0 radical (unpaired) electrons. The fourth-order valence-electron chi connectivity index (χ4n) is 7.76. The normalized spacial score (nSPS) is 28.8. The summed E-state index contributed by atoms with van der Waals surface area (Å²) in [5, 5.41) is 49.3. The van der Waals surface area contributed by atoms with Crippen LogP contribution < -0.4 is 43.0 Å². The molecule has 1 aromatic heterocycles. The smallest absolute Gasteiger partial charge is 0.246 e. The SMILES string of the molecule is CC[C@H](C)[C@@H]1NC(=O)CNC(=O)[C@H]2Cc3c([nH]c4ccccc34)S[C@@H](C)[C@H](NC(=O)CNC1=O)C(=O)N[C@@H](CC(N)=O)C(=O)N1C[C@H](O)C[C@H]1C(=O)N[C@@H]([C@@H](C)[C@@H](O)CO)C(=O)N2. The highest BCUT2D eigenvalue weighted by Gasteiger charge is 2.45. The number of nitrogens with one attached hydrogen (secondary N) is 8. The lowest BCUT2D eigenvalue weighted by Gasteiger charge is -2.33. The number of aromatic amines is 1. The first-order valence-corrected chi connectivity index (χ1v) is 21.6. The van der Waals surface area contributed by atoms with E-state index in [9.17, 15) is 58.5 Å². The highest BCUT2D eigenvalue weighted by atomic mass is 32.2. The number of hydrogen-bond donors (Lipinski definition) is 12. The maximum atomic E-state index is 14.4. The van der Waals surface area contributed by atoms with Crippen LogP contribution in [0, 0.1) is 11.8 Å². The number of primary amides is 1. The van der Waals surface area contributed by atoms with Crippen LogP contribution in [-0.4, -0.2) is 158 Å². The summed E-state index contributed by atoms with van der Waals surface area (Å²) in [5.74, 6) is -9.93. The predicted molar refractivity (Wildman–Crippen MR) is 225 cm³/mol. The minimum absolute atomic E-state index is 0.269. The molecular weight excluding hydrogens is 845 g/mol. The van der Waals surface area contributed by atoms with Crippen molar-refractivity contribution in [3.8, 4) is 0 Å². The maximum absolute atomic E-state index is 14.4. The molecule has 63 heavy (non-hydrogen) atoms. The van der Waals surface area contributed by atoms with Crippen molar-refractivity contribution in [2.24, 2.45) is 17.6 Å². The summed E-state index contributed by atoms with van der Waals surface area (Å²) in [4.78, 5) is 128. The van der Waals surface area contributed by atoms with E-state index in [1.165, 1.54) is 6.92 Å². The molecule has 4 heterocycles. The molecule has 0 saturated carbocycles. The van der Waals surface area contributed by atoms with Crippen molar-refractivity contribution in [1.29, 1.82) is 0 Å². The zero-order valence-electron chi connectivity index (χ0n) is 35.3. The second-order valence-electron chi connectivity index (χ2n) is 16.2. The number of rotatable bonds is 7. The molecule has 22 nitrogen and oxygen atoms in total. The van der Waals surface area contributed by atoms with Gasteiger partial charge in [0.1, 0.15) is 36.3 Å². The lowest BCUT2D eigenvalue weighted by atomic mass is 9.93. The summed E-state index contributed by atoms with van der Waals surface area (Å²) in [7, 11) is 0. The van der Waals surface area contributed by atoms with Gasteiger partial charge in [-0.3, -0.25) is 43.2 Å². The van der Waals surface area contributed by atoms with E-state index in [2.05, 4.69) is 42.2 Å². The molecule has 344 valence electrons. The van der Waals surface area contributed by atoms with Crippen molar-refractivity contribution in [3.63, 3.8) is 0 Å². The number of carbonyl (C=O) groups excluding carboxylic acids is 9. The van der Waals surface area contributed by atoms with Crippen LogP contribution in [0.3, 0.4) is 0 Å². The van der Waals surface area contributed by atoms with Gasteiger partial charge in [0.25, 0.3) is 0 Å². The zero-order valence-corrected chi connectivity index (χ0v) is 36.1. The first-order chi connectivity index (χ1) is 29.8. The lowest BCUT2D eigenvalue weighted by Crippen LogP contribution is -2.62. The van der Waals surface area contributed by atoms with Crippen molar-refractivity contribution < 1.29 is 58.5 Å². The molecule has 1 aromatic carbocycles. The van der Waals surface area contributed by atoms with Gasteiger partial charge in [-0.1, -0.05) is 52.3 Å². The number of aromatic nitrogens is 1. The third-order valence-corrected chi connectivity index (χ3v) is 12.9. The van der Waals surface area contributed by atoms with E-state index in [-0.39, 0.29) is 12.8 Å². The summed E-state index contributed by atoms with van der Waals surface area (Å²) in [6.45, 7) is 3.80. The third kappa shape index (κ3) is 11.6. The van der Waals surface area contributed by atoms with Crippen LogP contribution in [0.5, 0.6) is 0 Å². The molecule has 3 aliphatic heterocycles. The van der Waals surface area contributed by atoms with Gasteiger partial charge in [0.05, 0.1) is 43.4 Å². The van der Waals surface area contributed by atoms with E-state index < -0.39 is 151 Å². The first-order valence-electron chi connectivity index (χ1n) is 20.7. The Bertz CT molecular complexity index is 2100. The molecule has 3 aliphatic rings. The number of nitrogens with zero attached hydrogens (tertiary/aromatic N) is 1. The molecule has 1 fully saturated rings. The molecule has 1 saturated heterocycles. The number of benzene rings is 1. The first kappa shape index (κ1) is 48.3. The van der Waals surface area contributed by atoms with Crippen molar-refractivity contribution in [2.75, 3.05) is 26.2 Å². The van der Waals surface area contributed by atoms with Crippen LogP contribution >= 0.6 is 11.8 Å². The van der Waals surface area contributed by atoms with Gasteiger partial charge in [0.2, 0.25) is 53.2 Å². The van der Waals surface area contributed by atoms with Crippen molar-refractivity contribution in [3.05, 3.63) is 29.8 Å². The lowest BCUT2D eigenvalue weighted by molar-refractivity contribution is -0.144. The van der Waals surface area contributed by atoms with E-state index in [1.807, 2.05) is 0 Å². The summed E-state index contributed by atoms with van der Waals surface area (Å²) >= 11 is 1.05. The van der Waals surface area contributed by atoms with Gasteiger partial charge in [-0.25, -0.2) is 0 Å². The Morgan fingerprint density at radius 1 is 0.873 bits per heavy atom. The van der Waals surface area contributed by atoms with Crippen molar-refractivity contribution in [2.45, 2.75) is 112 Å². The minimum Gasteiger partial charge on any atom is -0.394 e.